The van der Waals surface area contributed by atoms with E-state index in [0.717, 1.165) is 36.6 Å². The Morgan fingerprint density at radius 2 is 1.96 bits per heavy atom. The van der Waals surface area contributed by atoms with Crippen molar-refractivity contribution in [3.63, 3.8) is 0 Å². The van der Waals surface area contributed by atoms with Gasteiger partial charge in [-0.1, -0.05) is 0 Å². The molecule has 2 N–H and O–H groups in total. The van der Waals surface area contributed by atoms with Crippen LogP contribution >= 0.6 is 12.2 Å². The van der Waals surface area contributed by atoms with Gasteiger partial charge in [-0.05, 0) is 80.7 Å². The van der Waals surface area contributed by atoms with Crippen LogP contribution < -0.4 is 15.4 Å². The molecule has 0 saturated heterocycles. The van der Waals surface area contributed by atoms with E-state index in [1.807, 2.05) is 36.4 Å². The fourth-order valence-electron chi connectivity index (χ4n) is 2.91. The average Bonchev–Trinajstić information content (AvgIpc) is 3.27. The van der Waals surface area contributed by atoms with Crippen LogP contribution in [0.4, 0.5) is 5.69 Å². The third kappa shape index (κ3) is 5.27. The maximum Gasteiger partial charge on any atom is 0.170 e. The first-order chi connectivity index (χ1) is 11.8. The topological polar surface area (TPSA) is 46.4 Å². The number of thiocarbonyl (C=S) groups is 1. The van der Waals surface area contributed by atoms with Gasteiger partial charge in [-0.25, -0.2) is 0 Å². The Balaban J connectivity index is 1.36. The molecule has 24 heavy (non-hydrogen) atoms. The van der Waals surface area contributed by atoms with E-state index in [1.54, 1.807) is 6.26 Å². The van der Waals surface area contributed by atoms with Crippen molar-refractivity contribution in [1.29, 1.82) is 0 Å². The number of anilines is 1. The smallest absolute Gasteiger partial charge is 0.170 e. The summed E-state index contributed by atoms with van der Waals surface area (Å²) >= 11 is 5.32. The minimum atomic E-state index is 0.390. The molecule has 0 atom stereocenters. The lowest BCUT2D eigenvalue weighted by molar-refractivity contribution is 0.210. The van der Waals surface area contributed by atoms with Gasteiger partial charge in [0, 0.05) is 18.7 Å². The molecule has 0 amide bonds. The lowest BCUT2D eigenvalue weighted by atomic mass is 10.2. The van der Waals surface area contributed by atoms with Gasteiger partial charge in [0.05, 0.1) is 12.4 Å². The number of hydrogen-bond acceptors (Lipinski definition) is 3. The Kier molecular flexibility index (Phi) is 6.13. The van der Waals surface area contributed by atoms with Gasteiger partial charge in [0.25, 0.3) is 0 Å². The van der Waals surface area contributed by atoms with Crippen LogP contribution in [0.5, 0.6) is 5.75 Å². The van der Waals surface area contributed by atoms with Crippen LogP contribution in [0.25, 0.3) is 0 Å². The van der Waals surface area contributed by atoms with Crippen LogP contribution in [0.1, 0.15) is 37.9 Å². The van der Waals surface area contributed by atoms with Crippen LogP contribution in [0.15, 0.2) is 47.1 Å². The van der Waals surface area contributed by atoms with Crippen molar-refractivity contribution in [2.75, 3.05) is 11.9 Å². The van der Waals surface area contributed by atoms with Gasteiger partial charge < -0.3 is 19.8 Å². The van der Waals surface area contributed by atoms with Gasteiger partial charge in [-0.3, -0.25) is 0 Å². The van der Waals surface area contributed by atoms with Crippen LogP contribution in [-0.4, -0.2) is 17.8 Å². The Morgan fingerprint density at radius 3 is 2.67 bits per heavy atom. The zero-order valence-electron chi connectivity index (χ0n) is 13.8. The fraction of sp³-hybridized carbons (Fsp3) is 0.421. The Hall–Kier alpha value is -2.01. The van der Waals surface area contributed by atoms with E-state index in [4.69, 9.17) is 21.4 Å². The van der Waals surface area contributed by atoms with Crippen LogP contribution in [0, 0.1) is 0 Å². The number of furan rings is 1. The number of hydrogen-bond donors (Lipinski definition) is 2. The van der Waals surface area contributed by atoms with Gasteiger partial charge in [0.15, 0.2) is 5.11 Å². The third-order valence-electron chi connectivity index (χ3n) is 4.18. The number of ether oxygens (including phenoxy) is 1. The van der Waals surface area contributed by atoms with Crippen LogP contribution in [0.3, 0.4) is 0 Å². The second-order valence-electron chi connectivity index (χ2n) is 6.11. The fourth-order valence-corrected chi connectivity index (χ4v) is 3.13. The lowest BCUT2D eigenvalue weighted by Gasteiger charge is -2.14. The molecule has 5 heteroatoms. The summed E-state index contributed by atoms with van der Waals surface area (Å²) in [6.07, 6.45) is 8.89. The summed E-state index contributed by atoms with van der Waals surface area (Å²) in [7, 11) is 0. The van der Waals surface area contributed by atoms with Crippen LogP contribution in [-0.2, 0) is 6.42 Å². The van der Waals surface area contributed by atoms with Crippen molar-refractivity contribution in [3.05, 3.63) is 48.4 Å². The van der Waals surface area contributed by atoms with E-state index < -0.39 is 0 Å². The average molecular weight is 344 g/mol. The molecule has 1 aromatic carbocycles. The van der Waals surface area contributed by atoms with Crippen LogP contribution in [0.2, 0.25) is 0 Å². The molecule has 1 aliphatic carbocycles. The lowest BCUT2D eigenvalue weighted by Crippen LogP contribution is -2.29. The largest absolute Gasteiger partial charge is 0.490 e. The number of nitrogens with one attached hydrogen (secondary N) is 2. The van der Waals surface area contributed by atoms with Crippen molar-refractivity contribution < 1.29 is 9.15 Å². The maximum absolute atomic E-state index is 5.96. The molecule has 1 aromatic heterocycles. The van der Waals surface area contributed by atoms with E-state index in [0.29, 0.717) is 11.2 Å². The Bertz CT molecular complexity index is 619. The quantitative estimate of drug-likeness (QED) is 0.571. The van der Waals surface area contributed by atoms with E-state index >= 15 is 0 Å². The molecule has 1 aliphatic rings. The van der Waals surface area contributed by atoms with Crippen molar-refractivity contribution in [2.24, 2.45) is 0 Å². The second-order valence-corrected chi connectivity index (χ2v) is 6.52. The standard InChI is InChI=1S/C19H24N2O2S/c24-19(20-13-3-7-16-8-4-14-22-16)21-15-9-11-18(12-10-15)23-17-5-1-2-6-17/h4,8-12,14,17H,1-3,5-7,13H2,(H2,20,21,24). The highest BCUT2D eigenvalue weighted by Gasteiger charge is 2.16. The van der Waals surface area contributed by atoms with Crippen molar-refractivity contribution in [1.82, 2.24) is 5.32 Å². The summed E-state index contributed by atoms with van der Waals surface area (Å²) in [4.78, 5) is 0. The van der Waals surface area contributed by atoms with Gasteiger partial charge >= 0.3 is 0 Å². The maximum atomic E-state index is 5.96. The minimum Gasteiger partial charge on any atom is -0.490 e. The van der Waals surface area contributed by atoms with E-state index in [-0.39, 0.29) is 0 Å². The minimum absolute atomic E-state index is 0.390. The van der Waals surface area contributed by atoms with Crippen molar-refractivity contribution in [2.45, 2.75) is 44.6 Å². The van der Waals surface area contributed by atoms with Crippen molar-refractivity contribution in [3.8, 4) is 5.75 Å². The summed E-state index contributed by atoms with van der Waals surface area (Å²) in [5.41, 5.74) is 0.970. The molecule has 1 saturated carbocycles. The van der Waals surface area contributed by atoms with Gasteiger partial charge in [0.1, 0.15) is 11.5 Å². The normalized spacial score (nSPS) is 14.5. The summed E-state index contributed by atoms with van der Waals surface area (Å²) in [6, 6.07) is 11.9. The molecule has 128 valence electrons. The third-order valence-corrected chi connectivity index (χ3v) is 4.43. The van der Waals surface area contributed by atoms with E-state index in [2.05, 4.69) is 10.6 Å². The van der Waals surface area contributed by atoms with Crippen molar-refractivity contribution >= 4 is 23.0 Å². The first-order valence-electron chi connectivity index (χ1n) is 8.63. The van der Waals surface area contributed by atoms with Gasteiger partial charge in [-0.2, -0.15) is 0 Å². The molecule has 2 aromatic rings. The molecule has 0 aliphatic heterocycles. The predicted octanol–water partition coefficient (Wildman–Crippen LogP) is 4.52. The molecule has 1 heterocycles. The second kappa shape index (κ2) is 8.73. The highest BCUT2D eigenvalue weighted by atomic mass is 32.1. The molecule has 3 rings (SSSR count). The molecule has 0 bridgehead atoms. The summed E-state index contributed by atoms with van der Waals surface area (Å²) in [5, 5.41) is 7.05. The first kappa shape index (κ1) is 16.8. The molecular formula is C19H24N2O2S. The molecule has 0 unspecified atom stereocenters. The molecule has 0 radical (unpaired) electrons. The molecule has 1 fully saturated rings. The number of rotatable bonds is 7. The van der Waals surface area contributed by atoms with Gasteiger partial charge in [0.2, 0.25) is 0 Å². The van der Waals surface area contributed by atoms with E-state index in [1.165, 1.54) is 25.7 Å². The summed E-state index contributed by atoms with van der Waals surface area (Å²) in [6.45, 7) is 0.815. The first-order valence-corrected chi connectivity index (χ1v) is 9.04. The van der Waals surface area contributed by atoms with Gasteiger partial charge in [-0.15, -0.1) is 0 Å². The Labute approximate surface area is 148 Å². The van der Waals surface area contributed by atoms with E-state index in [9.17, 15) is 0 Å². The highest BCUT2D eigenvalue weighted by molar-refractivity contribution is 7.80. The zero-order valence-corrected chi connectivity index (χ0v) is 14.6. The summed E-state index contributed by atoms with van der Waals surface area (Å²) < 4.78 is 11.3. The number of aryl methyl sites for hydroxylation is 1. The monoisotopic (exact) mass is 344 g/mol. The predicted molar refractivity (Wildman–Crippen MR) is 101 cm³/mol. The summed E-state index contributed by atoms with van der Waals surface area (Å²) in [5.74, 6) is 1.94. The highest BCUT2D eigenvalue weighted by Crippen LogP contribution is 2.24. The zero-order chi connectivity index (χ0) is 16.6. The number of benzene rings is 1. The molecule has 4 nitrogen and oxygen atoms in total. The SMILES string of the molecule is S=C(NCCCc1ccco1)Nc1ccc(OC2CCCC2)cc1. The Morgan fingerprint density at radius 1 is 1.17 bits per heavy atom. The molecular weight excluding hydrogens is 320 g/mol. The molecule has 0 spiro atoms.